The maximum absolute atomic E-state index is 12.5. The second kappa shape index (κ2) is 10.4. The second-order valence-corrected chi connectivity index (χ2v) is 8.30. The molecule has 1 aliphatic rings. The molecule has 7 heteroatoms. The third-order valence-electron chi connectivity index (χ3n) is 5.44. The van der Waals surface area contributed by atoms with Gasteiger partial charge in [-0.2, -0.15) is 0 Å². The minimum absolute atomic E-state index is 0.220. The molecule has 0 unspecified atom stereocenters. The van der Waals surface area contributed by atoms with Crippen LogP contribution in [-0.4, -0.2) is 48.0 Å². The fraction of sp³-hybridized carbons (Fsp3) is 0.375. The van der Waals surface area contributed by atoms with Gasteiger partial charge in [-0.25, -0.2) is 0 Å². The first-order valence-electron chi connectivity index (χ1n) is 10.7. The Morgan fingerprint density at radius 2 is 1.68 bits per heavy atom. The number of nitrogens with zero attached hydrogens (tertiary/aromatic N) is 2. The van der Waals surface area contributed by atoms with E-state index in [1.165, 1.54) is 0 Å². The van der Waals surface area contributed by atoms with E-state index in [1.54, 1.807) is 0 Å². The number of carbonyl (C=O) groups is 2. The van der Waals surface area contributed by atoms with Crippen molar-refractivity contribution in [1.82, 2.24) is 10.2 Å². The molecule has 2 aromatic carbocycles. The topological polar surface area (TPSA) is 64.7 Å². The summed E-state index contributed by atoms with van der Waals surface area (Å²) in [5, 5.41) is 6.07. The van der Waals surface area contributed by atoms with Crippen LogP contribution < -0.4 is 15.5 Å². The van der Waals surface area contributed by atoms with Crippen LogP contribution in [0.3, 0.4) is 0 Å². The highest BCUT2D eigenvalue weighted by Crippen LogP contribution is 2.20. The lowest BCUT2D eigenvalue weighted by Crippen LogP contribution is -2.48. The first-order chi connectivity index (χ1) is 14.9. The van der Waals surface area contributed by atoms with Crippen LogP contribution in [-0.2, 0) is 4.79 Å². The van der Waals surface area contributed by atoms with Gasteiger partial charge in [-0.1, -0.05) is 24.6 Å². The molecule has 2 amide bonds. The first-order valence-corrected chi connectivity index (χ1v) is 11.1. The maximum Gasteiger partial charge on any atom is 0.257 e. The molecule has 1 fully saturated rings. The van der Waals surface area contributed by atoms with Gasteiger partial charge in [0.25, 0.3) is 5.91 Å². The van der Waals surface area contributed by atoms with E-state index in [9.17, 15) is 9.59 Å². The van der Waals surface area contributed by atoms with Gasteiger partial charge in [0.15, 0.2) is 5.11 Å². The lowest BCUT2D eigenvalue weighted by atomic mass is 10.1. The summed E-state index contributed by atoms with van der Waals surface area (Å²) in [6.07, 6.45) is 1.51. The number of hydrogen-bond acceptors (Lipinski definition) is 4. The van der Waals surface area contributed by atoms with E-state index in [4.69, 9.17) is 12.2 Å². The number of piperazine rings is 1. The minimum Gasteiger partial charge on any atom is -0.368 e. The highest BCUT2D eigenvalue weighted by Gasteiger charge is 2.20. The highest BCUT2D eigenvalue weighted by atomic mass is 32.1. The van der Waals surface area contributed by atoms with Gasteiger partial charge in [-0.3, -0.25) is 14.9 Å². The molecule has 1 aliphatic heterocycles. The lowest BCUT2D eigenvalue weighted by Gasteiger charge is -2.36. The number of aryl methyl sites for hydroxylation is 2. The summed E-state index contributed by atoms with van der Waals surface area (Å²) in [6.45, 7) is 9.11. The van der Waals surface area contributed by atoms with E-state index >= 15 is 0 Å². The number of carbonyl (C=O) groups excluding carboxylic acids is 2. The number of nitrogens with one attached hydrogen (secondary N) is 2. The molecular formula is C24H30N4O2S. The summed E-state index contributed by atoms with van der Waals surface area (Å²) in [6, 6.07) is 13.6. The average molecular weight is 439 g/mol. The normalized spacial score (nSPS) is 13.6. The number of thiocarbonyl (C=S) groups is 1. The number of rotatable bonds is 5. The Bertz CT molecular complexity index is 951. The Labute approximate surface area is 189 Å². The van der Waals surface area contributed by atoms with Gasteiger partial charge in [-0.15, -0.1) is 0 Å². The second-order valence-electron chi connectivity index (χ2n) is 7.89. The fourth-order valence-corrected chi connectivity index (χ4v) is 3.95. The monoisotopic (exact) mass is 438 g/mol. The van der Waals surface area contributed by atoms with Gasteiger partial charge in [0, 0.05) is 49.5 Å². The van der Waals surface area contributed by atoms with Crippen molar-refractivity contribution in [3.63, 3.8) is 0 Å². The number of amides is 2. The van der Waals surface area contributed by atoms with Crippen LogP contribution in [0.4, 0.5) is 11.4 Å². The molecule has 31 heavy (non-hydrogen) atoms. The van der Waals surface area contributed by atoms with Crippen LogP contribution in [0.5, 0.6) is 0 Å². The third kappa shape index (κ3) is 6.04. The minimum atomic E-state index is -0.220. The zero-order valence-electron chi connectivity index (χ0n) is 18.4. The van der Waals surface area contributed by atoms with Gasteiger partial charge in [0.2, 0.25) is 5.91 Å². The predicted octanol–water partition coefficient (Wildman–Crippen LogP) is 3.88. The van der Waals surface area contributed by atoms with Crippen LogP contribution >= 0.6 is 12.2 Å². The smallest absolute Gasteiger partial charge is 0.257 e. The molecule has 0 radical (unpaired) electrons. The number of hydrogen-bond donors (Lipinski definition) is 2. The lowest BCUT2D eigenvalue weighted by molar-refractivity contribution is -0.131. The van der Waals surface area contributed by atoms with Crippen molar-refractivity contribution in [3.8, 4) is 0 Å². The van der Waals surface area contributed by atoms with Crippen LogP contribution in [0.15, 0.2) is 42.5 Å². The first kappa shape index (κ1) is 22.7. The molecule has 3 rings (SSSR count). The van der Waals surface area contributed by atoms with E-state index in [-0.39, 0.29) is 16.9 Å². The van der Waals surface area contributed by atoms with Crippen LogP contribution in [0.2, 0.25) is 0 Å². The zero-order chi connectivity index (χ0) is 22.4. The quantitative estimate of drug-likeness (QED) is 0.694. The van der Waals surface area contributed by atoms with E-state index in [0.717, 1.165) is 55.1 Å². The Hall–Kier alpha value is -2.93. The largest absolute Gasteiger partial charge is 0.368 e. The number of benzene rings is 2. The van der Waals surface area contributed by atoms with E-state index in [0.29, 0.717) is 12.0 Å². The fourth-order valence-electron chi connectivity index (χ4n) is 3.74. The summed E-state index contributed by atoms with van der Waals surface area (Å²) in [4.78, 5) is 28.8. The number of anilines is 2. The average Bonchev–Trinajstić information content (AvgIpc) is 2.74. The van der Waals surface area contributed by atoms with Gasteiger partial charge in [0.1, 0.15) is 0 Å². The standard InChI is InChI=1S/C24H30N4O2S/c1-4-5-22(29)28-14-12-27(13-15-28)20-9-7-19(8-10-20)25-24(31)26-23(30)21-11-6-17(2)16-18(21)3/h6-11,16H,4-5,12-15H2,1-3H3,(H2,25,26,30,31). The summed E-state index contributed by atoms with van der Waals surface area (Å²) in [5.74, 6) is 0.0280. The molecule has 0 spiro atoms. The molecular weight excluding hydrogens is 408 g/mol. The van der Waals surface area contributed by atoms with Crippen molar-refractivity contribution in [1.29, 1.82) is 0 Å². The van der Waals surface area contributed by atoms with Crippen LogP contribution in [0.1, 0.15) is 41.3 Å². The molecule has 164 valence electrons. The summed E-state index contributed by atoms with van der Waals surface area (Å²) in [5.41, 5.74) is 4.57. The summed E-state index contributed by atoms with van der Waals surface area (Å²) >= 11 is 5.31. The third-order valence-corrected chi connectivity index (χ3v) is 5.64. The maximum atomic E-state index is 12.5. The van der Waals surface area contributed by atoms with Crippen molar-refractivity contribution < 1.29 is 9.59 Å². The van der Waals surface area contributed by atoms with Crippen molar-refractivity contribution >= 4 is 40.5 Å². The van der Waals surface area contributed by atoms with E-state index < -0.39 is 0 Å². The molecule has 2 N–H and O–H groups in total. The van der Waals surface area contributed by atoms with Crippen LogP contribution in [0.25, 0.3) is 0 Å². The molecule has 1 heterocycles. The Kier molecular flexibility index (Phi) is 7.63. The molecule has 0 saturated carbocycles. The molecule has 0 aromatic heterocycles. The van der Waals surface area contributed by atoms with Gasteiger partial charge in [-0.05, 0) is 68.4 Å². The van der Waals surface area contributed by atoms with Crippen molar-refractivity contribution in [3.05, 3.63) is 59.2 Å². The molecule has 6 nitrogen and oxygen atoms in total. The highest BCUT2D eigenvalue weighted by molar-refractivity contribution is 7.80. The van der Waals surface area contributed by atoms with E-state index in [1.807, 2.05) is 68.1 Å². The van der Waals surface area contributed by atoms with Gasteiger partial charge < -0.3 is 15.1 Å². The Balaban J connectivity index is 1.52. The van der Waals surface area contributed by atoms with Gasteiger partial charge >= 0.3 is 0 Å². The zero-order valence-corrected chi connectivity index (χ0v) is 19.2. The molecule has 1 saturated heterocycles. The van der Waals surface area contributed by atoms with Gasteiger partial charge in [0.05, 0.1) is 0 Å². The molecule has 0 aliphatic carbocycles. The molecule has 2 aromatic rings. The van der Waals surface area contributed by atoms with Crippen molar-refractivity contribution in [2.45, 2.75) is 33.6 Å². The Morgan fingerprint density at radius 1 is 1.00 bits per heavy atom. The van der Waals surface area contributed by atoms with Crippen LogP contribution in [0, 0.1) is 13.8 Å². The van der Waals surface area contributed by atoms with E-state index in [2.05, 4.69) is 15.5 Å². The Morgan fingerprint density at radius 3 is 2.29 bits per heavy atom. The molecule has 0 atom stereocenters. The van der Waals surface area contributed by atoms with Crippen molar-refractivity contribution in [2.24, 2.45) is 0 Å². The summed E-state index contributed by atoms with van der Waals surface area (Å²) < 4.78 is 0. The SMILES string of the molecule is CCCC(=O)N1CCN(c2ccc(NC(=S)NC(=O)c3ccc(C)cc3C)cc2)CC1. The summed E-state index contributed by atoms with van der Waals surface area (Å²) in [7, 11) is 0. The predicted molar refractivity (Wildman–Crippen MR) is 130 cm³/mol. The molecule has 0 bridgehead atoms. The van der Waals surface area contributed by atoms with Crippen molar-refractivity contribution in [2.75, 3.05) is 36.4 Å².